The summed E-state index contributed by atoms with van der Waals surface area (Å²) in [5, 5.41) is 9.44. The van der Waals surface area contributed by atoms with Crippen LogP contribution in [0.1, 0.15) is 24.3 Å². The molecule has 0 aliphatic rings. The molecule has 0 radical (unpaired) electrons. The van der Waals surface area contributed by atoms with Crippen LogP contribution in [0.3, 0.4) is 0 Å². The van der Waals surface area contributed by atoms with Gasteiger partial charge in [0.1, 0.15) is 0 Å². The molecular weight excluding hydrogens is 257 g/mol. The highest BCUT2D eigenvalue weighted by Crippen LogP contribution is 2.23. The number of hydrogen-bond donors (Lipinski definition) is 1. The van der Waals surface area contributed by atoms with Crippen molar-refractivity contribution in [3.05, 3.63) is 47.0 Å². The molecule has 0 fully saturated rings. The number of nitrogens with zero attached hydrogens (tertiary/aromatic N) is 2. The van der Waals surface area contributed by atoms with Crippen molar-refractivity contribution >= 4 is 0 Å². The maximum Gasteiger partial charge on any atom is 0.194 e. The zero-order chi connectivity index (χ0) is 14.2. The number of halogens is 3. The molecule has 1 heterocycles. The van der Waals surface area contributed by atoms with E-state index in [1.807, 2.05) is 0 Å². The Bertz CT molecular complexity index is 606. The van der Waals surface area contributed by atoms with Crippen LogP contribution in [-0.4, -0.2) is 15.1 Å². The molecule has 0 saturated carbocycles. The molecule has 0 spiro atoms. The molecule has 1 atom stereocenters. The summed E-state index contributed by atoms with van der Waals surface area (Å²) in [6.07, 6.45) is 0.636. The number of aromatic nitrogens is 2. The monoisotopic (exact) mass is 268 g/mol. The summed E-state index contributed by atoms with van der Waals surface area (Å²) in [4.78, 5) is 7.97. The van der Waals surface area contributed by atoms with Crippen molar-refractivity contribution in [1.29, 1.82) is 0 Å². The van der Waals surface area contributed by atoms with Crippen molar-refractivity contribution in [2.45, 2.75) is 20.0 Å². The Morgan fingerprint density at radius 2 is 1.74 bits per heavy atom. The van der Waals surface area contributed by atoms with Crippen molar-refractivity contribution in [2.75, 3.05) is 0 Å². The Hall–Kier alpha value is -1.95. The summed E-state index contributed by atoms with van der Waals surface area (Å²) in [7, 11) is 0. The quantitative estimate of drug-likeness (QED) is 0.852. The molecule has 1 aromatic carbocycles. The van der Waals surface area contributed by atoms with Crippen LogP contribution >= 0.6 is 0 Å². The van der Waals surface area contributed by atoms with E-state index in [4.69, 9.17) is 0 Å². The number of rotatable bonds is 2. The first kappa shape index (κ1) is 13.5. The summed E-state index contributed by atoms with van der Waals surface area (Å²) in [6, 6.07) is 1.66. The van der Waals surface area contributed by atoms with Crippen LogP contribution in [0, 0.1) is 24.4 Å². The average molecular weight is 268 g/mol. The molecular formula is C13H11F3N2O. The van der Waals surface area contributed by atoms with Crippen molar-refractivity contribution < 1.29 is 18.3 Å². The highest BCUT2D eigenvalue weighted by atomic mass is 19.2. The molecule has 1 N–H and O–H groups in total. The topological polar surface area (TPSA) is 46.0 Å². The molecule has 0 saturated heterocycles. The Morgan fingerprint density at radius 1 is 1.16 bits per heavy atom. The summed E-state index contributed by atoms with van der Waals surface area (Å²) in [5.41, 5.74) is 1.05. The van der Waals surface area contributed by atoms with Gasteiger partial charge in [-0.05, 0) is 26.0 Å². The molecule has 0 bridgehead atoms. The highest BCUT2D eigenvalue weighted by Gasteiger charge is 2.14. The summed E-state index contributed by atoms with van der Waals surface area (Å²) < 4.78 is 39.1. The van der Waals surface area contributed by atoms with Gasteiger partial charge < -0.3 is 5.11 Å². The van der Waals surface area contributed by atoms with E-state index in [0.717, 1.165) is 12.1 Å². The average Bonchev–Trinajstić information content (AvgIpc) is 2.34. The number of aliphatic hydroxyl groups excluding tert-OH is 1. The van der Waals surface area contributed by atoms with Crippen molar-refractivity contribution in [3.8, 4) is 11.4 Å². The first-order valence-electron chi connectivity index (χ1n) is 5.56. The maximum atomic E-state index is 13.1. The molecule has 6 heteroatoms. The number of aryl methyl sites for hydroxylation is 1. The second kappa shape index (κ2) is 4.97. The van der Waals surface area contributed by atoms with Gasteiger partial charge in [0, 0.05) is 23.0 Å². The van der Waals surface area contributed by atoms with E-state index in [9.17, 15) is 18.3 Å². The van der Waals surface area contributed by atoms with Crippen LogP contribution < -0.4 is 0 Å². The summed E-state index contributed by atoms with van der Waals surface area (Å²) in [5.74, 6) is -4.05. The second-order valence-electron chi connectivity index (χ2n) is 4.16. The Labute approximate surface area is 107 Å². The third kappa shape index (κ3) is 2.58. The molecule has 2 aromatic rings. The van der Waals surface area contributed by atoms with Gasteiger partial charge in [0.25, 0.3) is 0 Å². The van der Waals surface area contributed by atoms with E-state index in [2.05, 4.69) is 9.97 Å². The lowest BCUT2D eigenvalue weighted by molar-refractivity contribution is 0.197. The van der Waals surface area contributed by atoms with Crippen LogP contribution in [0.4, 0.5) is 13.2 Å². The minimum atomic E-state index is -1.53. The Balaban J connectivity index is 2.51. The van der Waals surface area contributed by atoms with E-state index >= 15 is 0 Å². The predicted molar refractivity (Wildman–Crippen MR) is 62.7 cm³/mol. The third-order valence-corrected chi connectivity index (χ3v) is 2.71. The molecule has 3 nitrogen and oxygen atoms in total. The number of aliphatic hydroxyl groups is 1. The van der Waals surface area contributed by atoms with E-state index in [0.29, 0.717) is 11.3 Å². The fourth-order valence-corrected chi connectivity index (χ4v) is 1.71. The normalized spacial score (nSPS) is 12.5. The van der Waals surface area contributed by atoms with Crippen LogP contribution in [-0.2, 0) is 0 Å². The first-order valence-corrected chi connectivity index (χ1v) is 5.56. The zero-order valence-corrected chi connectivity index (χ0v) is 10.3. The smallest absolute Gasteiger partial charge is 0.194 e. The minimum Gasteiger partial charge on any atom is -0.389 e. The zero-order valence-electron chi connectivity index (χ0n) is 10.3. The minimum absolute atomic E-state index is 0.0386. The summed E-state index contributed by atoms with van der Waals surface area (Å²) >= 11 is 0. The molecule has 100 valence electrons. The van der Waals surface area contributed by atoms with Crippen LogP contribution in [0.5, 0.6) is 0 Å². The molecule has 2 rings (SSSR count). The van der Waals surface area contributed by atoms with Gasteiger partial charge in [0.2, 0.25) is 0 Å². The van der Waals surface area contributed by atoms with Crippen LogP contribution in [0.2, 0.25) is 0 Å². The van der Waals surface area contributed by atoms with Gasteiger partial charge >= 0.3 is 0 Å². The van der Waals surface area contributed by atoms with Crippen molar-refractivity contribution in [1.82, 2.24) is 9.97 Å². The maximum absolute atomic E-state index is 13.1. The van der Waals surface area contributed by atoms with Gasteiger partial charge in [0.15, 0.2) is 23.3 Å². The Kier molecular flexibility index (Phi) is 3.53. The van der Waals surface area contributed by atoms with Crippen molar-refractivity contribution in [3.63, 3.8) is 0 Å². The largest absolute Gasteiger partial charge is 0.389 e. The fourth-order valence-electron chi connectivity index (χ4n) is 1.71. The van der Waals surface area contributed by atoms with Gasteiger partial charge in [0.05, 0.1) is 6.10 Å². The lowest BCUT2D eigenvalue weighted by atomic mass is 10.1. The van der Waals surface area contributed by atoms with Gasteiger partial charge in [-0.3, -0.25) is 0 Å². The molecule has 0 aliphatic carbocycles. The van der Waals surface area contributed by atoms with E-state index < -0.39 is 23.6 Å². The van der Waals surface area contributed by atoms with Gasteiger partial charge in [-0.1, -0.05) is 0 Å². The van der Waals surface area contributed by atoms with Gasteiger partial charge in [-0.2, -0.15) is 0 Å². The lowest BCUT2D eigenvalue weighted by Gasteiger charge is -2.09. The Morgan fingerprint density at radius 3 is 2.21 bits per heavy atom. The molecule has 1 aromatic heterocycles. The molecule has 0 unspecified atom stereocenters. The SMILES string of the molecule is Cc1nc(-c2cc(F)c(F)c(F)c2)ncc1[C@@H](C)O. The van der Waals surface area contributed by atoms with Crippen LogP contribution in [0.15, 0.2) is 18.3 Å². The standard InChI is InChI=1S/C13H11F3N2O/c1-6-9(7(2)19)5-17-13(18-6)8-3-10(14)12(16)11(15)4-8/h3-5,7,19H,1-2H3/t7-/m1/s1. The number of hydrogen-bond acceptors (Lipinski definition) is 3. The molecule has 0 aliphatic heterocycles. The van der Waals surface area contributed by atoms with Crippen molar-refractivity contribution in [2.24, 2.45) is 0 Å². The lowest BCUT2D eigenvalue weighted by Crippen LogP contribution is -2.02. The van der Waals surface area contributed by atoms with E-state index in [-0.39, 0.29) is 11.4 Å². The summed E-state index contributed by atoms with van der Waals surface area (Å²) in [6.45, 7) is 3.20. The third-order valence-electron chi connectivity index (χ3n) is 2.71. The van der Waals surface area contributed by atoms with E-state index in [1.54, 1.807) is 13.8 Å². The van der Waals surface area contributed by atoms with Gasteiger partial charge in [-0.25, -0.2) is 23.1 Å². The van der Waals surface area contributed by atoms with Crippen LogP contribution in [0.25, 0.3) is 11.4 Å². The number of benzene rings is 1. The fraction of sp³-hybridized carbons (Fsp3) is 0.231. The molecule has 0 amide bonds. The molecule has 19 heavy (non-hydrogen) atoms. The predicted octanol–water partition coefficient (Wildman–Crippen LogP) is 2.92. The van der Waals surface area contributed by atoms with E-state index in [1.165, 1.54) is 6.20 Å². The second-order valence-corrected chi connectivity index (χ2v) is 4.16. The first-order chi connectivity index (χ1) is 8.90. The van der Waals surface area contributed by atoms with Gasteiger partial charge in [-0.15, -0.1) is 0 Å². The highest BCUT2D eigenvalue weighted by molar-refractivity contribution is 5.55.